The van der Waals surface area contributed by atoms with E-state index in [9.17, 15) is 8.42 Å². The van der Waals surface area contributed by atoms with Crippen molar-refractivity contribution in [1.82, 2.24) is 15.0 Å². The molecular weight excluding hydrogens is 264 g/mol. The van der Waals surface area contributed by atoms with E-state index in [1.165, 1.54) is 18.3 Å². The second-order valence-electron chi connectivity index (χ2n) is 4.46. The zero-order chi connectivity index (χ0) is 13.7. The van der Waals surface area contributed by atoms with Crippen LogP contribution in [0.2, 0.25) is 0 Å². The first-order valence-corrected chi connectivity index (χ1v) is 7.70. The zero-order valence-electron chi connectivity index (χ0n) is 10.5. The second-order valence-corrected chi connectivity index (χ2v) is 6.20. The Bertz CT molecular complexity index is 574. The van der Waals surface area contributed by atoms with Crippen LogP contribution in [0.1, 0.15) is 25.0 Å². The quantitative estimate of drug-likeness (QED) is 0.831. The molecule has 1 aromatic heterocycles. The molecule has 0 bridgehead atoms. The van der Waals surface area contributed by atoms with E-state index in [1.54, 1.807) is 6.07 Å². The van der Waals surface area contributed by atoms with Gasteiger partial charge in [0.1, 0.15) is 11.0 Å². The van der Waals surface area contributed by atoms with Gasteiger partial charge in [-0.05, 0) is 31.5 Å². The number of rotatable bonds is 4. The van der Waals surface area contributed by atoms with E-state index in [2.05, 4.69) is 15.0 Å². The van der Waals surface area contributed by atoms with Crippen molar-refractivity contribution in [2.75, 3.05) is 13.1 Å². The van der Waals surface area contributed by atoms with E-state index in [4.69, 9.17) is 5.26 Å². The molecule has 1 atom stereocenters. The fourth-order valence-corrected chi connectivity index (χ4v) is 3.26. The lowest BCUT2D eigenvalue weighted by Gasteiger charge is -2.23. The summed E-state index contributed by atoms with van der Waals surface area (Å²) < 4.78 is 26.8. The molecule has 7 heteroatoms. The van der Waals surface area contributed by atoms with Gasteiger partial charge in [0.15, 0.2) is 5.69 Å². The molecule has 0 aliphatic carbocycles. The predicted molar refractivity (Wildman–Crippen MR) is 69.8 cm³/mol. The molecule has 1 saturated heterocycles. The minimum atomic E-state index is -3.68. The summed E-state index contributed by atoms with van der Waals surface area (Å²) >= 11 is 0. The van der Waals surface area contributed by atoms with E-state index >= 15 is 0 Å². The Morgan fingerprint density at radius 2 is 2.37 bits per heavy atom. The fraction of sp³-hybridized carbons (Fsp3) is 0.500. The van der Waals surface area contributed by atoms with Gasteiger partial charge < -0.3 is 5.32 Å². The van der Waals surface area contributed by atoms with Crippen LogP contribution >= 0.6 is 0 Å². The number of nitrogens with one attached hydrogen (secondary N) is 2. The summed E-state index contributed by atoms with van der Waals surface area (Å²) in [5.41, 5.74) is -0.0772. The third kappa shape index (κ3) is 3.50. The number of nitrogens with zero attached hydrogens (tertiary/aromatic N) is 2. The van der Waals surface area contributed by atoms with Crippen LogP contribution in [0.4, 0.5) is 0 Å². The Labute approximate surface area is 112 Å². The third-order valence-electron chi connectivity index (χ3n) is 3.10. The first-order valence-electron chi connectivity index (χ1n) is 6.21. The Balaban J connectivity index is 2.07. The van der Waals surface area contributed by atoms with Crippen LogP contribution in [0.3, 0.4) is 0 Å². The smallest absolute Gasteiger partial charge is 0.243 e. The highest BCUT2D eigenvalue weighted by Crippen LogP contribution is 2.12. The number of pyridine rings is 1. The minimum absolute atomic E-state index is 0.0618. The largest absolute Gasteiger partial charge is 0.313 e. The lowest BCUT2D eigenvalue weighted by molar-refractivity contribution is 0.398. The molecule has 0 amide bonds. The number of nitriles is 1. The summed E-state index contributed by atoms with van der Waals surface area (Å²) in [6.45, 7) is 1.25. The van der Waals surface area contributed by atoms with Gasteiger partial charge in [-0.25, -0.2) is 18.1 Å². The van der Waals surface area contributed by atoms with Crippen molar-refractivity contribution in [1.29, 1.82) is 5.26 Å². The van der Waals surface area contributed by atoms with E-state index in [0.29, 0.717) is 6.54 Å². The standard InChI is InChI=1S/C12H16N4O2S/c13-8-11-12(5-3-7-15-11)19(17,18)16-9-10-4-1-2-6-14-10/h3,5,7,10,14,16H,1-2,4,6,9H2. The molecule has 6 nitrogen and oxygen atoms in total. The van der Waals surface area contributed by atoms with Crippen molar-refractivity contribution in [3.8, 4) is 6.07 Å². The molecule has 0 aromatic carbocycles. The van der Waals surface area contributed by atoms with E-state index in [-0.39, 0.29) is 16.6 Å². The van der Waals surface area contributed by atoms with Crippen LogP contribution in [0.15, 0.2) is 23.2 Å². The molecule has 1 unspecified atom stereocenters. The highest BCUT2D eigenvalue weighted by molar-refractivity contribution is 7.89. The van der Waals surface area contributed by atoms with Gasteiger partial charge in [0.05, 0.1) is 0 Å². The molecule has 0 radical (unpaired) electrons. The van der Waals surface area contributed by atoms with Crippen LogP contribution in [-0.4, -0.2) is 32.5 Å². The molecule has 2 heterocycles. The van der Waals surface area contributed by atoms with Gasteiger partial charge in [-0.15, -0.1) is 0 Å². The van der Waals surface area contributed by atoms with Crippen LogP contribution in [0, 0.1) is 11.3 Å². The van der Waals surface area contributed by atoms with Crippen LogP contribution < -0.4 is 10.0 Å². The summed E-state index contributed by atoms with van der Waals surface area (Å²) in [6, 6.07) is 4.85. The topological polar surface area (TPSA) is 94.9 Å². The monoisotopic (exact) mass is 280 g/mol. The highest BCUT2D eigenvalue weighted by atomic mass is 32.2. The van der Waals surface area contributed by atoms with Crippen molar-refractivity contribution in [3.05, 3.63) is 24.0 Å². The summed E-state index contributed by atoms with van der Waals surface area (Å²) in [4.78, 5) is 3.70. The fourth-order valence-electron chi connectivity index (χ4n) is 2.08. The SMILES string of the molecule is N#Cc1ncccc1S(=O)(=O)NCC1CCCCN1. The van der Waals surface area contributed by atoms with E-state index in [1.807, 2.05) is 0 Å². The summed E-state index contributed by atoms with van der Waals surface area (Å²) in [6.07, 6.45) is 4.60. The molecule has 0 saturated carbocycles. The normalized spacial score (nSPS) is 19.8. The molecule has 2 N–H and O–H groups in total. The highest BCUT2D eigenvalue weighted by Gasteiger charge is 2.21. The minimum Gasteiger partial charge on any atom is -0.313 e. The zero-order valence-corrected chi connectivity index (χ0v) is 11.3. The number of piperidine rings is 1. The first-order chi connectivity index (χ1) is 9.13. The lowest BCUT2D eigenvalue weighted by atomic mass is 10.1. The summed E-state index contributed by atoms with van der Waals surface area (Å²) in [5, 5.41) is 12.1. The van der Waals surface area contributed by atoms with Gasteiger partial charge in [-0.2, -0.15) is 5.26 Å². The maximum Gasteiger partial charge on any atom is 0.243 e. The van der Waals surface area contributed by atoms with E-state index < -0.39 is 10.0 Å². The average Bonchev–Trinajstić information content (AvgIpc) is 2.46. The molecule has 102 valence electrons. The van der Waals surface area contributed by atoms with Crippen LogP contribution in [0.25, 0.3) is 0 Å². The predicted octanol–water partition coefficient (Wildman–Crippen LogP) is 0.374. The van der Waals surface area contributed by atoms with E-state index in [0.717, 1.165) is 25.8 Å². The molecule has 0 spiro atoms. The van der Waals surface area contributed by atoms with Crippen molar-refractivity contribution in [2.45, 2.75) is 30.2 Å². The third-order valence-corrected chi connectivity index (χ3v) is 4.55. The Morgan fingerprint density at radius 1 is 1.53 bits per heavy atom. The van der Waals surface area contributed by atoms with Gasteiger partial charge in [0, 0.05) is 18.8 Å². The van der Waals surface area contributed by atoms with Gasteiger partial charge in [-0.1, -0.05) is 6.42 Å². The van der Waals surface area contributed by atoms with Crippen molar-refractivity contribution < 1.29 is 8.42 Å². The second kappa shape index (κ2) is 6.10. The van der Waals surface area contributed by atoms with Crippen molar-refractivity contribution >= 4 is 10.0 Å². The first kappa shape index (κ1) is 13.9. The molecule has 1 aliphatic rings. The summed E-state index contributed by atoms with van der Waals surface area (Å²) in [7, 11) is -3.68. The Kier molecular flexibility index (Phi) is 4.47. The maximum atomic E-state index is 12.1. The lowest BCUT2D eigenvalue weighted by Crippen LogP contribution is -2.43. The van der Waals surface area contributed by atoms with Gasteiger partial charge in [-0.3, -0.25) is 0 Å². The van der Waals surface area contributed by atoms with Gasteiger partial charge in [0.2, 0.25) is 10.0 Å². The molecule has 2 rings (SSSR count). The van der Waals surface area contributed by atoms with Crippen LogP contribution in [0.5, 0.6) is 0 Å². The van der Waals surface area contributed by atoms with Gasteiger partial charge >= 0.3 is 0 Å². The van der Waals surface area contributed by atoms with Crippen molar-refractivity contribution in [3.63, 3.8) is 0 Å². The maximum absolute atomic E-state index is 12.1. The Morgan fingerprint density at radius 3 is 3.05 bits per heavy atom. The molecule has 1 fully saturated rings. The van der Waals surface area contributed by atoms with Gasteiger partial charge in [0.25, 0.3) is 0 Å². The summed E-state index contributed by atoms with van der Waals surface area (Å²) in [5.74, 6) is 0. The molecule has 1 aliphatic heterocycles. The number of sulfonamides is 1. The number of hydrogen-bond acceptors (Lipinski definition) is 5. The van der Waals surface area contributed by atoms with Crippen LogP contribution in [-0.2, 0) is 10.0 Å². The Hall–Kier alpha value is -1.49. The average molecular weight is 280 g/mol. The molecule has 19 heavy (non-hydrogen) atoms. The molecular formula is C12H16N4O2S. The molecule has 1 aromatic rings. The number of aromatic nitrogens is 1. The van der Waals surface area contributed by atoms with Crippen molar-refractivity contribution in [2.24, 2.45) is 0 Å². The number of hydrogen-bond donors (Lipinski definition) is 2.